The van der Waals surface area contributed by atoms with Crippen molar-refractivity contribution in [3.8, 4) is 0 Å². The molecule has 132 valence electrons. The van der Waals surface area contributed by atoms with Gasteiger partial charge in [0.1, 0.15) is 0 Å². The summed E-state index contributed by atoms with van der Waals surface area (Å²) in [5, 5.41) is 3.00. The second-order valence-electron chi connectivity index (χ2n) is 5.82. The predicted octanol–water partition coefficient (Wildman–Crippen LogP) is 4.08. The quantitative estimate of drug-likeness (QED) is 0.663. The highest BCUT2D eigenvalue weighted by molar-refractivity contribution is 6.35. The van der Waals surface area contributed by atoms with Crippen LogP contribution in [0.5, 0.6) is 0 Å². The van der Waals surface area contributed by atoms with E-state index in [2.05, 4.69) is 10.9 Å². The number of fused-ring (bicyclic) bond motifs is 1. The van der Waals surface area contributed by atoms with Gasteiger partial charge in [-0.2, -0.15) is 0 Å². The van der Waals surface area contributed by atoms with Gasteiger partial charge < -0.3 is 0 Å². The molecule has 0 aliphatic rings. The zero-order valence-corrected chi connectivity index (χ0v) is 15.3. The van der Waals surface area contributed by atoms with E-state index in [0.29, 0.717) is 15.6 Å². The van der Waals surface area contributed by atoms with Crippen LogP contribution in [0.15, 0.2) is 60.7 Å². The Bertz CT molecular complexity index is 968. The maximum Gasteiger partial charge on any atom is 0.242 e. The van der Waals surface area contributed by atoms with Crippen molar-refractivity contribution < 1.29 is 9.59 Å². The Labute approximate surface area is 161 Å². The number of rotatable bonds is 4. The monoisotopic (exact) mass is 386 g/mol. The largest absolute Gasteiger partial charge is 0.273 e. The molecule has 0 saturated carbocycles. The van der Waals surface area contributed by atoms with Crippen molar-refractivity contribution in [1.29, 1.82) is 0 Å². The summed E-state index contributed by atoms with van der Waals surface area (Å²) in [4.78, 5) is 24.2. The fraction of sp³-hybridized carbons (Fsp3) is 0.100. The van der Waals surface area contributed by atoms with Crippen molar-refractivity contribution in [3.05, 3.63) is 81.8 Å². The molecule has 0 bridgehead atoms. The number of carbonyl (C=O) groups is 2. The van der Waals surface area contributed by atoms with Gasteiger partial charge in [-0.1, -0.05) is 71.7 Å². The van der Waals surface area contributed by atoms with Gasteiger partial charge in [-0.15, -0.1) is 0 Å². The molecule has 2 amide bonds. The SMILES string of the molecule is O=C(Cc1ccc(Cl)cc1Cl)NNC(=O)Cc1cccc2ccccc12. The third-order valence-corrected chi connectivity index (χ3v) is 4.53. The van der Waals surface area contributed by atoms with Crippen molar-refractivity contribution in [3.63, 3.8) is 0 Å². The lowest BCUT2D eigenvalue weighted by molar-refractivity contribution is -0.128. The first kappa shape index (κ1) is 18.2. The van der Waals surface area contributed by atoms with Gasteiger partial charge in [-0.3, -0.25) is 20.4 Å². The number of amides is 2. The molecule has 4 nitrogen and oxygen atoms in total. The highest BCUT2D eigenvalue weighted by Gasteiger charge is 2.10. The molecule has 26 heavy (non-hydrogen) atoms. The standard InChI is InChI=1S/C20H16Cl2N2O2/c21-16-9-8-15(18(22)12-16)11-20(26)24-23-19(25)10-14-6-3-5-13-4-1-2-7-17(13)14/h1-9,12H,10-11H2,(H,23,25)(H,24,26). The van der Waals surface area contributed by atoms with Crippen molar-refractivity contribution in [1.82, 2.24) is 10.9 Å². The minimum absolute atomic E-state index is 0.0462. The first-order valence-corrected chi connectivity index (χ1v) is 8.77. The van der Waals surface area contributed by atoms with Crippen LogP contribution in [0.3, 0.4) is 0 Å². The first-order chi connectivity index (χ1) is 12.5. The van der Waals surface area contributed by atoms with Crippen LogP contribution in [0.1, 0.15) is 11.1 Å². The minimum Gasteiger partial charge on any atom is -0.273 e. The highest BCUT2D eigenvalue weighted by Crippen LogP contribution is 2.21. The Kier molecular flexibility index (Phi) is 5.76. The number of benzene rings is 3. The molecule has 0 atom stereocenters. The van der Waals surface area contributed by atoms with Crippen LogP contribution in [0.4, 0.5) is 0 Å². The van der Waals surface area contributed by atoms with Crippen molar-refractivity contribution in [2.24, 2.45) is 0 Å². The van der Waals surface area contributed by atoms with Crippen molar-refractivity contribution in [2.75, 3.05) is 0 Å². The number of carbonyl (C=O) groups excluding carboxylic acids is 2. The van der Waals surface area contributed by atoms with Gasteiger partial charge in [0.15, 0.2) is 0 Å². The van der Waals surface area contributed by atoms with E-state index in [1.807, 2.05) is 42.5 Å². The number of hydrazine groups is 1. The summed E-state index contributed by atoms with van der Waals surface area (Å²) in [7, 11) is 0. The number of hydrogen-bond donors (Lipinski definition) is 2. The van der Waals surface area contributed by atoms with Gasteiger partial charge in [0.2, 0.25) is 11.8 Å². The van der Waals surface area contributed by atoms with Crippen LogP contribution >= 0.6 is 23.2 Å². The summed E-state index contributed by atoms with van der Waals surface area (Å²) in [6.45, 7) is 0. The molecule has 3 aromatic carbocycles. The Morgan fingerprint density at radius 2 is 1.42 bits per heavy atom. The first-order valence-electron chi connectivity index (χ1n) is 8.01. The lowest BCUT2D eigenvalue weighted by atomic mass is 10.0. The predicted molar refractivity (Wildman–Crippen MR) is 104 cm³/mol. The molecule has 3 aromatic rings. The van der Waals surface area contributed by atoms with Gasteiger partial charge in [-0.05, 0) is 34.0 Å². The van der Waals surface area contributed by atoms with E-state index in [9.17, 15) is 9.59 Å². The summed E-state index contributed by atoms with van der Waals surface area (Å²) < 4.78 is 0. The summed E-state index contributed by atoms with van der Waals surface area (Å²) in [6.07, 6.45) is 0.216. The van der Waals surface area contributed by atoms with E-state index in [4.69, 9.17) is 23.2 Å². The summed E-state index contributed by atoms with van der Waals surface area (Å²) in [5.74, 6) is -0.655. The van der Waals surface area contributed by atoms with Gasteiger partial charge in [-0.25, -0.2) is 0 Å². The normalized spacial score (nSPS) is 10.5. The maximum atomic E-state index is 12.2. The van der Waals surface area contributed by atoms with Gasteiger partial charge in [0.05, 0.1) is 12.8 Å². The molecule has 2 N–H and O–H groups in total. The Morgan fingerprint density at radius 1 is 0.769 bits per heavy atom. The van der Waals surface area contributed by atoms with E-state index in [-0.39, 0.29) is 24.7 Å². The van der Waals surface area contributed by atoms with E-state index >= 15 is 0 Å². The molecule has 0 fully saturated rings. The molecule has 0 aliphatic heterocycles. The smallest absolute Gasteiger partial charge is 0.242 e. The van der Waals surface area contributed by atoms with Gasteiger partial charge >= 0.3 is 0 Å². The third kappa shape index (κ3) is 4.54. The van der Waals surface area contributed by atoms with E-state index in [0.717, 1.165) is 16.3 Å². The van der Waals surface area contributed by atoms with Crippen molar-refractivity contribution >= 4 is 45.8 Å². The second-order valence-corrected chi connectivity index (χ2v) is 6.67. The Balaban J connectivity index is 1.57. The highest BCUT2D eigenvalue weighted by atomic mass is 35.5. The molecule has 0 radical (unpaired) electrons. The number of halogens is 2. The van der Waals surface area contributed by atoms with E-state index < -0.39 is 0 Å². The van der Waals surface area contributed by atoms with Crippen LogP contribution in [-0.2, 0) is 22.4 Å². The lowest BCUT2D eigenvalue weighted by Gasteiger charge is -2.10. The Hall–Kier alpha value is -2.56. The molecule has 0 spiro atoms. The van der Waals surface area contributed by atoms with Crippen LogP contribution in [0.25, 0.3) is 10.8 Å². The number of nitrogens with one attached hydrogen (secondary N) is 2. The summed E-state index contributed by atoms with van der Waals surface area (Å²) in [6, 6.07) is 18.6. The topological polar surface area (TPSA) is 58.2 Å². The van der Waals surface area contributed by atoms with Gasteiger partial charge in [0.25, 0.3) is 0 Å². The minimum atomic E-state index is -0.361. The Morgan fingerprint density at radius 3 is 2.15 bits per heavy atom. The molecule has 6 heteroatoms. The third-order valence-electron chi connectivity index (χ3n) is 3.94. The van der Waals surface area contributed by atoms with Crippen LogP contribution in [0, 0.1) is 0 Å². The molecular weight excluding hydrogens is 371 g/mol. The zero-order valence-electron chi connectivity index (χ0n) is 13.8. The molecule has 0 aromatic heterocycles. The maximum absolute atomic E-state index is 12.2. The fourth-order valence-corrected chi connectivity index (χ4v) is 3.16. The molecule has 0 unspecified atom stereocenters. The fourth-order valence-electron chi connectivity index (χ4n) is 2.69. The van der Waals surface area contributed by atoms with Gasteiger partial charge in [0, 0.05) is 10.0 Å². The zero-order chi connectivity index (χ0) is 18.5. The summed E-state index contributed by atoms with van der Waals surface area (Å²) >= 11 is 11.9. The van der Waals surface area contributed by atoms with E-state index in [1.165, 1.54) is 0 Å². The second kappa shape index (κ2) is 8.21. The number of hydrogen-bond acceptors (Lipinski definition) is 2. The van der Waals surface area contributed by atoms with E-state index in [1.54, 1.807) is 18.2 Å². The lowest BCUT2D eigenvalue weighted by Crippen LogP contribution is -2.43. The van der Waals surface area contributed by atoms with Crippen molar-refractivity contribution in [2.45, 2.75) is 12.8 Å². The summed E-state index contributed by atoms with van der Waals surface area (Å²) in [5.41, 5.74) is 6.38. The molecule has 3 rings (SSSR count). The van der Waals surface area contributed by atoms with Crippen LogP contribution < -0.4 is 10.9 Å². The van der Waals surface area contributed by atoms with Crippen LogP contribution in [-0.4, -0.2) is 11.8 Å². The molecule has 0 aliphatic carbocycles. The average Bonchev–Trinajstić information content (AvgIpc) is 2.63. The van der Waals surface area contributed by atoms with Crippen LogP contribution in [0.2, 0.25) is 10.0 Å². The average molecular weight is 387 g/mol. The molecule has 0 saturated heterocycles. The molecule has 0 heterocycles. The molecular formula is C20H16Cl2N2O2.